The number of amides is 1. The van der Waals surface area contributed by atoms with Gasteiger partial charge in [0, 0.05) is 44.2 Å². The number of nitrogens with zero attached hydrogens (tertiary/aromatic N) is 5. The minimum absolute atomic E-state index is 0.160. The summed E-state index contributed by atoms with van der Waals surface area (Å²) in [6.07, 6.45) is 6.88. The maximum atomic E-state index is 12.5. The lowest BCUT2D eigenvalue weighted by molar-refractivity contribution is -0.132. The van der Waals surface area contributed by atoms with E-state index in [0.29, 0.717) is 30.5 Å². The Hall–Kier alpha value is -2.96. The Morgan fingerprint density at radius 3 is 2.71 bits per heavy atom. The molecule has 7 heteroatoms. The third-order valence-electron chi connectivity index (χ3n) is 5.23. The van der Waals surface area contributed by atoms with E-state index in [1.807, 2.05) is 46.1 Å². The van der Waals surface area contributed by atoms with Crippen LogP contribution in [0.2, 0.25) is 0 Å². The predicted molar refractivity (Wildman–Crippen MR) is 104 cm³/mol. The molecule has 0 unspecified atom stereocenters. The van der Waals surface area contributed by atoms with E-state index in [2.05, 4.69) is 28.4 Å². The fraction of sp³-hybridized carbons (Fsp3) is 0.429. The SMILES string of the molecule is Cc1cnn(CC2CCN(C(=O)CCc3nc(-c4ccccc4)no3)CC2)c1. The van der Waals surface area contributed by atoms with Gasteiger partial charge in [0.15, 0.2) is 0 Å². The predicted octanol–water partition coefficient (Wildman–Crippen LogP) is 3.11. The number of likely N-dealkylation sites (tertiary alicyclic amines) is 1. The molecule has 0 atom stereocenters. The van der Waals surface area contributed by atoms with Crippen LogP contribution in [0, 0.1) is 12.8 Å². The molecular weight excluding hydrogens is 354 g/mol. The molecule has 3 heterocycles. The molecule has 1 aromatic carbocycles. The number of rotatable bonds is 6. The van der Waals surface area contributed by atoms with Crippen LogP contribution in [0.3, 0.4) is 0 Å². The summed E-state index contributed by atoms with van der Waals surface area (Å²) < 4.78 is 7.31. The summed E-state index contributed by atoms with van der Waals surface area (Å²) in [5, 5.41) is 8.37. The lowest BCUT2D eigenvalue weighted by atomic mass is 9.96. The molecular formula is C21H25N5O2. The molecule has 1 amide bonds. The molecule has 1 fully saturated rings. The van der Waals surface area contributed by atoms with Gasteiger partial charge < -0.3 is 9.42 Å². The van der Waals surface area contributed by atoms with Crippen molar-refractivity contribution in [3.63, 3.8) is 0 Å². The monoisotopic (exact) mass is 379 g/mol. The number of aromatic nitrogens is 4. The highest BCUT2D eigenvalue weighted by atomic mass is 16.5. The fourth-order valence-electron chi connectivity index (χ4n) is 3.63. The molecule has 1 saturated heterocycles. The van der Waals surface area contributed by atoms with Gasteiger partial charge in [-0.15, -0.1) is 0 Å². The van der Waals surface area contributed by atoms with Crippen molar-refractivity contribution < 1.29 is 9.32 Å². The van der Waals surface area contributed by atoms with Crippen molar-refractivity contribution >= 4 is 5.91 Å². The van der Waals surface area contributed by atoms with Crippen molar-refractivity contribution in [3.8, 4) is 11.4 Å². The van der Waals surface area contributed by atoms with Gasteiger partial charge in [0.1, 0.15) is 0 Å². The molecule has 0 aliphatic carbocycles. The largest absolute Gasteiger partial charge is 0.343 e. The Kier molecular flexibility index (Phi) is 5.50. The van der Waals surface area contributed by atoms with Crippen LogP contribution in [0.4, 0.5) is 0 Å². The third kappa shape index (κ3) is 4.47. The van der Waals surface area contributed by atoms with Crippen LogP contribution >= 0.6 is 0 Å². The van der Waals surface area contributed by atoms with Crippen LogP contribution in [-0.4, -0.2) is 43.8 Å². The van der Waals surface area contributed by atoms with Gasteiger partial charge in [0.2, 0.25) is 17.6 Å². The molecule has 1 aliphatic rings. The highest BCUT2D eigenvalue weighted by molar-refractivity contribution is 5.76. The first-order valence-corrected chi connectivity index (χ1v) is 9.82. The van der Waals surface area contributed by atoms with Gasteiger partial charge in [-0.1, -0.05) is 35.5 Å². The van der Waals surface area contributed by atoms with Gasteiger partial charge in [0.05, 0.1) is 6.20 Å². The number of carbonyl (C=O) groups excluding carboxylic acids is 1. The molecule has 0 saturated carbocycles. The zero-order valence-corrected chi connectivity index (χ0v) is 16.1. The van der Waals surface area contributed by atoms with Crippen LogP contribution < -0.4 is 0 Å². The molecule has 4 rings (SSSR count). The van der Waals surface area contributed by atoms with Crippen LogP contribution in [0.25, 0.3) is 11.4 Å². The van der Waals surface area contributed by atoms with Crippen molar-refractivity contribution in [2.45, 2.75) is 39.2 Å². The van der Waals surface area contributed by atoms with Crippen molar-refractivity contribution in [1.82, 2.24) is 24.8 Å². The lowest BCUT2D eigenvalue weighted by Crippen LogP contribution is -2.39. The van der Waals surface area contributed by atoms with E-state index in [9.17, 15) is 4.79 Å². The van der Waals surface area contributed by atoms with Crippen LogP contribution in [-0.2, 0) is 17.8 Å². The first-order chi connectivity index (χ1) is 13.7. The minimum atomic E-state index is 0.160. The molecule has 0 N–H and O–H groups in total. The van der Waals surface area contributed by atoms with Crippen LogP contribution in [0.5, 0.6) is 0 Å². The molecule has 0 spiro atoms. The maximum Gasteiger partial charge on any atom is 0.227 e. The zero-order chi connectivity index (χ0) is 19.3. The van der Waals surface area contributed by atoms with Gasteiger partial charge in [-0.2, -0.15) is 10.1 Å². The van der Waals surface area contributed by atoms with Gasteiger partial charge >= 0.3 is 0 Å². The molecule has 28 heavy (non-hydrogen) atoms. The van der Waals surface area contributed by atoms with E-state index in [1.54, 1.807) is 0 Å². The Morgan fingerprint density at radius 1 is 1.21 bits per heavy atom. The van der Waals surface area contributed by atoms with E-state index in [0.717, 1.165) is 38.0 Å². The third-order valence-corrected chi connectivity index (χ3v) is 5.23. The van der Waals surface area contributed by atoms with Gasteiger partial charge in [-0.25, -0.2) is 0 Å². The standard InChI is InChI=1S/C21H25N5O2/c1-16-13-22-26(14-16)15-17-9-11-25(12-10-17)20(27)8-7-19-23-21(24-28-19)18-5-3-2-4-6-18/h2-6,13-14,17H,7-12,15H2,1H3. The van der Waals surface area contributed by atoms with Crippen LogP contribution in [0.15, 0.2) is 47.2 Å². The van der Waals surface area contributed by atoms with Crippen molar-refractivity contribution in [2.24, 2.45) is 5.92 Å². The summed E-state index contributed by atoms with van der Waals surface area (Å²) in [5.41, 5.74) is 2.10. The minimum Gasteiger partial charge on any atom is -0.343 e. The normalized spacial score (nSPS) is 15.1. The summed E-state index contributed by atoms with van der Waals surface area (Å²) in [6.45, 7) is 4.60. The number of hydrogen-bond acceptors (Lipinski definition) is 5. The Labute approximate surface area is 164 Å². The van der Waals surface area contributed by atoms with Crippen LogP contribution in [0.1, 0.15) is 30.7 Å². The van der Waals surface area contributed by atoms with Gasteiger partial charge in [-0.05, 0) is 31.2 Å². The quantitative estimate of drug-likeness (QED) is 0.658. The lowest BCUT2D eigenvalue weighted by Gasteiger charge is -2.32. The number of hydrogen-bond donors (Lipinski definition) is 0. The van der Waals surface area contributed by atoms with Gasteiger partial charge in [-0.3, -0.25) is 9.48 Å². The molecule has 146 valence electrons. The summed E-state index contributed by atoms with van der Waals surface area (Å²) >= 11 is 0. The average Bonchev–Trinajstić information content (AvgIpc) is 3.36. The molecule has 3 aromatic rings. The topological polar surface area (TPSA) is 77.1 Å². The maximum absolute atomic E-state index is 12.5. The number of aryl methyl sites for hydroxylation is 2. The Morgan fingerprint density at radius 2 is 2.00 bits per heavy atom. The second kappa shape index (κ2) is 8.37. The summed E-state index contributed by atoms with van der Waals surface area (Å²) in [5.74, 6) is 1.81. The molecule has 7 nitrogen and oxygen atoms in total. The first kappa shape index (κ1) is 18.4. The number of piperidine rings is 1. The molecule has 2 aromatic heterocycles. The second-order valence-corrected chi connectivity index (χ2v) is 7.44. The summed E-state index contributed by atoms with van der Waals surface area (Å²) in [4.78, 5) is 18.9. The molecule has 0 radical (unpaired) electrons. The smallest absolute Gasteiger partial charge is 0.227 e. The van der Waals surface area contributed by atoms with E-state index in [-0.39, 0.29) is 5.91 Å². The first-order valence-electron chi connectivity index (χ1n) is 9.82. The van der Waals surface area contributed by atoms with E-state index in [1.165, 1.54) is 5.56 Å². The Balaban J connectivity index is 1.23. The van der Waals surface area contributed by atoms with E-state index in [4.69, 9.17) is 4.52 Å². The second-order valence-electron chi connectivity index (χ2n) is 7.44. The highest BCUT2D eigenvalue weighted by Gasteiger charge is 2.23. The van der Waals surface area contributed by atoms with E-state index < -0.39 is 0 Å². The van der Waals surface area contributed by atoms with Crippen molar-refractivity contribution in [2.75, 3.05) is 13.1 Å². The fourth-order valence-corrected chi connectivity index (χ4v) is 3.63. The van der Waals surface area contributed by atoms with Crippen molar-refractivity contribution in [1.29, 1.82) is 0 Å². The van der Waals surface area contributed by atoms with E-state index >= 15 is 0 Å². The Bertz CT molecular complexity index is 910. The molecule has 0 bridgehead atoms. The highest BCUT2D eigenvalue weighted by Crippen LogP contribution is 2.20. The van der Waals surface area contributed by atoms with Gasteiger partial charge in [0.25, 0.3) is 0 Å². The number of benzene rings is 1. The average molecular weight is 379 g/mol. The number of carbonyl (C=O) groups is 1. The van der Waals surface area contributed by atoms with Crippen molar-refractivity contribution in [3.05, 3.63) is 54.2 Å². The summed E-state index contributed by atoms with van der Waals surface area (Å²) in [7, 11) is 0. The summed E-state index contributed by atoms with van der Waals surface area (Å²) in [6, 6.07) is 9.70. The zero-order valence-electron chi connectivity index (χ0n) is 16.1. The molecule has 1 aliphatic heterocycles.